The number of nitrogens with one attached hydrogen (secondary N) is 1. The summed E-state index contributed by atoms with van der Waals surface area (Å²) in [5.41, 5.74) is 0. The Morgan fingerprint density at radius 1 is 1.86 bits per heavy atom. The van der Waals surface area contributed by atoms with Gasteiger partial charge in [0, 0.05) is 6.54 Å². The maximum atomic E-state index is 10.3. The van der Waals surface area contributed by atoms with Crippen LogP contribution < -0.4 is 5.32 Å². The second-order valence-electron chi connectivity index (χ2n) is 2.70. The lowest BCUT2D eigenvalue weighted by atomic mass is 10.3. The zero-order valence-corrected chi connectivity index (χ0v) is 8.45. The summed E-state index contributed by atoms with van der Waals surface area (Å²) < 4.78 is 0. The third kappa shape index (κ3) is 2.93. The number of aromatic nitrogens is 1. The van der Waals surface area contributed by atoms with Gasteiger partial charge in [-0.3, -0.25) is 10.1 Å². The van der Waals surface area contributed by atoms with Crippen LogP contribution in [0.15, 0.2) is 6.20 Å². The van der Waals surface area contributed by atoms with E-state index in [1.807, 2.05) is 6.92 Å². The van der Waals surface area contributed by atoms with E-state index in [1.54, 1.807) is 0 Å². The predicted molar refractivity (Wildman–Crippen MR) is 53.6 cm³/mol. The van der Waals surface area contributed by atoms with Crippen LogP contribution in [0.1, 0.15) is 13.3 Å². The van der Waals surface area contributed by atoms with Crippen molar-refractivity contribution in [2.24, 2.45) is 0 Å². The number of aliphatic hydroxyl groups is 1. The van der Waals surface area contributed by atoms with Crippen LogP contribution in [0.25, 0.3) is 0 Å². The standard InChI is InChI=1S/C7H11N3O3S/c1-2-5(11)3-8-7-9-4-6(14-7)10(12)13/h4-5,11H,2-3H2,1H3,(H,8,9). The normalized spacial score (nSPS) is 12.4. The molecule has 0 saturated heterocycles. The second kappa shape index (κ2) is 4.87. The lowest BCUT2D eigenvalue weighted by molar-refractivity contribution is -0.380. The highest BCUT2D eigenvalue weighted by molar-refractivity contribution is 7.18. The minimum Gasteiger partial charge on any atom is -0.391 e. The van der Waals surface area contributed by atoms with Gasteiger partial charge in [0.25, 0.3) is 0 Å². The lowest BCUT2D eigenvalue weighted by Crippen LogP contribution is -2.17. The fourth-order valence-corrected chi connectivity index (χ4v) is 1.42. The van der Waals surface area contributed by atoms with E-state index in [0.717, 1.165) is 11.3 Å². The summed E-state index contributed by atoms with van der Waals surface area (Å²) in [5, 5.41) is 22.8. The minimum absolute atomic E-state index is 0.00140. The molecule has 14 heavy (non-hydrogen) atoms. The van der Waals surface area contributed by atoms with Gasteiger partial charge in [-0.05, 0) is 17.8 Å². The van der Waals surface area contributed by atoms with Gasteiger partial charge in [-0.2, -0.15) is 0 Å². The quantitative estimate of drug-likeness (QED) is 0.572. The maximum Gasteiger partial charge on any atom is 0.345 e. The summed E-state index contributed by atoms with van der Waals surface area (Å²) >= 11 is 0.961. The van der Waals surface area contributed by atoms with Crippen molar-refractivity contribution >= 4 is 21.5 Å². The van der Waals surface area contributed by atoms with E-state index >= 15 is 0 Å². The van der Waals surface area contributed by atoms with E-state index in [9.17, 15) is 15.2 Å². The van der Waals surface area contributed by atoms with E-state index < -0.39 is 11.0 Å². The van der Waals surface area contributed by atoms with E-state index in [4.69, 9.17) is 0 Å². The van der Waals surface area contributed by atoms with E-state index in [2.05, 4.69) is 10.3 Å². The second-order valence-corrected chi connectivity index (χ2v) is 3.71. The first kappa shape index (κ1) is 10.9. The molecule has 0 fully saturated rings. The average molecular weight is 217 g/mol. The molecule has 1 aromatic heterocycles. The highest BCUT2D eigenvalue weighted by Crippen LogP contribution is 2.24. The van der Waals surface area contributed by atoms with Gasteiger partial charge in [0.2, 0.25) is 0 Å². The van der Waals surface area contributed by atoms with Crippen LogP contribution in [0, 0.1) is 10.1 Å². The fourth-order valence-electron chi connectivity index (χ4n) is 0.781. The molecule has 1 aromatic rings. The first-order valence-electron chi connectivity index (χ1n) is 4.15. The first-order chi connectivity index (χ1) is 6.63. The lowest BCUT2D eigenvalue weighted by Gasteiger charge is -2.06. The van der Waals surface area contributed by atoms with Gasteiger partial charge in [-0.15, -0.1) is 0 Å². The number of aliphatic hydroxyl groups excluding tert-OH is 1. The van der Waals surface area contributed by atoms with Gasteiger partial charge >= 0.3 is 5.00 Å². The Balaban J connectivity index is 2.48. The summed E-state index contributed by atoms with van der Waals surface area (Å²) in [6.45, 7) is 2.22. The molecule has 2 N–H and O–H groups in total. The third-order valence-corrected chi connectivity index (χ3v) is 2.54. The molecule has 0 amide bonds. The zero-order chi connectivity index (χ0) is 10.6. The van der Waals surface area contributed by atoms with Crippen molar-refractivity contribution < 1.29 is 10.0 Å². The van der Waals surface area contributed by atoms with Crippen molar-refractivity contribution in [1.29, 1.82) is 0 Å². The van der Waals surface area contributed by atoms with Gasteiger partial charge in [-0.1, -0.05) is 6.92 Å². The molecule has 0 spiro atoms. The molecule has 78 valence electrons. The van der Waals surface area contributed by atoms with E-state index in [1.165, 1.54) is 6.20 Å². The Hall–Kier alpha value is -1.21. The molecule has 1 rings (SSSR count). The van der Waals surface area contributed by atoms with Gasteiger partial charge in [0.1, 0.15) is 6.20 Å². The van der Waals surface area contributed by atoms with Crippen molar-refractivity contribution in [1.82, 2.24) is 4.98 Å². The summed E-state index contributed by atoms with van der Waals surface area (Å²) in [7, 11) is 0. The van der Waals surface area contributed by atoms with E-state index in [-0.39, 0.29) is 5.00 Å². The van der Waals surface area contributed by atoms with Crippen molar-refractivity contribution in [3.05, 3.63) is 16.3 Å². The predicted octanol–water partition coefficient (Wildman–Crippen LogP) is 1.23. The largest absolute Gasteiger partial charge is 0.391 e. The maximum absolute atomic E-state index is 10.3. The van der Waals surface area contributed by atoms with Crippen molar-refractivity contribution in [3.63, 3.8) is 0 Å². The number of anilines is 1. The molecule has 0 saturated carbocycles. The SMILES string of the molecule is CCC(O)CNc1ncc([N+](=O)[O-])s1. The number of hydrogen-bond acceptors (Lipinski definition) is 6. The molecule has 0 aromatic carbocycles. The molecule has 0 aliphatic rings. The van der Waals surface area contributed by atoms with Crippen LogP contribution in [0.5, 0.6) is 0 Å². The number of hydrogen-bond donors (Lipinski definition) is 2. The number of thiazole rings is 1. The Morgan fingerprint density at radius 3 is 3.07 bits per heavy atom. The Morgan fingerprint density at radius 2 is 2.57 bits per heavy atom. The Kier molecular flexibility index (Phi) is 3.78. The molecule has 1 heterocycles. The molecule has 0 aliphatic carbocycles. The van der Waals surface area contributed by atoms with Crippen molar-refractivity contribution in [2.75, 3.05) is 11.9 Å². The molecule has 0 aliphatic heterocycles. The summed E-state index contributed by atoms with van der Waals surface area (Å²) in [6.07, 6.45) is 1.39. The van der Waals surface area contributed by atoms with Gasteiger partial charge in [-0.25, -0.2) is 4.98 Å². The van der Waals surface area contributed by atoms with Crippen molar-refractivity contribution in [2.45, 2.75) is 19.4 Å². The molecular formula is C7H11N3O3S. The molecular weight excluding hydrogens is 206 g/mol. The third-order valence-electron chi connectivity index (χ3n) is 1.63. The van der Waals surface area contributed by atoms with Crippen molar-refractivity contribution in [3.8, 4) is 0 Å². The Bertz CT molecular complexity index is 315. The molecule has 6 nitrogen and oxygen atoms in total. The smallest absolute Gasteiger partial charge is 0.345 e. The number of nitrogens with zero attached hydrogens (tertiary/aromatic N) is 2. The van der Waals surface area contributed by atoms with E-state index in [0.29, 0.717) is 18.1 Å². The summed E-state index contributed by atoms with van der Waals surface area (Å²) in [5.74, 6) is 0. The van der Waals surface area contributed by atoms with Crippen LogP contribution in [0.4, 0.5) is 10.1 Å². The van der Waals surface area contributed by atoms with Gasteiger partial charge in [0.15, 0.2) is 5.13 Å². The topological polar surface area (TPSA) is 88.3 Å². The number of nitro groups is 1. The molecule has 1 atom stereocenters. The highest BCUT2D eigenvalue weighted by Gasteiger charge is 2.11. The van der Waals surface area contributed by atoms with Crippen LogP contribution >= 0.6 is 11.3 Å². The monoisotopic (exact) mass is 217 g/mol. The van der Waals surface area contributed by atoms with Crippen LogP contribution in [-0.2, 0) is 0 Å². The minimum atomic E-state index is -0.487. The highest BCUT2D eigenvalue weighted by atomic mass is 32.1. The van der Waals surface area contributed by atoms with Gasteiger partial charge in [0.05, 0.1) is 11.0 Å². The Labute approximate surface area is 84.7 Å². The average Bonchev–Trinajstić information content (AvgIpc) is 2.62. The first-order valence-corrected chi connectivity index (χ1v) is 4.97. The zero-order valence-electron chi connectivity index (χ0n) is 7.64. The number of rotatable bonds is 5. The molecule has 1 unspecified atom stereocenters. The van der Waals surface area contributed by atoms with Crippen LogP contribution in [-0.4, -0.2) is 27.7 Å². The van der Waals surface area contributed by atoms with Gasteiger partial charge < -0.3 is 10.4 Å². The van der Waals surface area contributed by atoms with Crippen LogP contribution in [0.3, 0.4) is 0 Å². The molecule has 7 heteroatoms. The molecule has 0 bridgehead atoms. The van der Waals surface area contributed by atoms with Crippen LogP contribution in [0.2, 0.25) is 0 Å². The fraction of sp³-hybridized carbons (Fsp3) is 0.571. The molecule has 0 radical (unpaired) electrons. The summed E-state index contributed by atoms with van der Waals surface area (Å²) in [4.78, 5) is 13.6. The summed E-state index contributed by atoms with van der Waals surface area (Å²) in [6, 6.07) is 0.